The summed E-state index contributed by atoms with van der Waals surface area (Å²) in [6.07, 6.45) is 8.97. The summed E-state index contributed by atoms with van der Waals surface area (Å²) in [6.45, 7) is 0. The molecule has 0 spiro atoms. The first-order valence-corrected chi connectivity index (χ1v) is 17.1. The quantitative estimate of drug-likeness (QED) is 0.182. The summed E-state index contributed by atoms with van der Waals surface area (Å²) in [5.41, 5.74) is 11.1. The van der Waals surface area contributed by atoms with Crippen LogP contribution in [0.1, 0.15) is 17.9 Å². The summed E-state index contributed by atoms with van der Waals surface area (Å²) in [4.78, 5) is 14.6. The van der Waals surface area contributed by atoms with Gasteiger partial charge in [0.2, 0.25) is 0 Å². The number of rotatable bonds is 6. The van der Waals surface area contributed by atoms with E-state index >= 15 is 0 Å². The SMILES string of the molecule is C1=CN=CC(c2ccc(-c3nc(-c4ccc(-c5cccc6ccccc56)cc4)ncc3-c3ccc(-c4cccc5ccccc45)cc3)cc2)C1. The molecule has 0 radical (unpaired) electrons. The van der Waals surface area contributed by atoms with Crippen molar-refractivity contribution in [3.63, 3.8) is 0 Å². The summed E-state index contributed by atoms with van der Waals surface area (Å²) in [5.74, 6) is 0.991. The van der Waals surface area contributed by atoms with Gasteiger partial charge in [-0.15, -0.1) is 0 Å². The Morgan fingerprint density at radius 1 is 0.460 bits per heavy atom. The molecule has 0 fully saturated rings. The van der Waals surface area contributed by atoms with Gasteiger partial charge in [0.15, 0.2) is 5.82 Å². The van der Waals surface area contributed by atoms with Crippen LogP contribution in [0.15, 0.2) is 181 Å². The Balaban J connectivity index is 1.10. The minimum Gasteiger partial charge on any atom is -0.269 e. The van der Waals surface area contributed by atoms with E-state index < -0.39 is 0 Å². The summed E-state index contributed by atoms with van der Waals surface area (Å²) in [6, 6.07) is 56.2. The Bertz CT molecular complexity index is 2530. The Labute approximate surface area is 292 Å². The van der Waals surface area contributed by atoms with Gasteiger partial charge in [-0.1, -0.05) is 164 Å². The molecule has 1 aliphatic rings. The molecule has 2 heterocycles. The average molecular weight is 640 g/mol. The highest BCUT2D eigenvalue weighted by molar-refractivity contribution is 5.98. The molecule has 0 saturated carbocycles. The van der Waals surface area contributed by atoms with Crippen molar-refractivity contribution < 1.29 is 0 Å². The van der Waals surface area contributed by atoms with E-state index in [2.05, 4.69) is 169 Å². The molecule has 0 saturated heterocycles. The normalized spacial score (nSPS) is 14.0. The number of hydrogen-bond donors (Lipinski definition) is 0. The van der Waals surface area contributed by atoms with Gasteiger partial charge in [-0.25, -0.2) is 9.97 Å². The van der Waals surface area contributed by atoms with Crippen LogP contribution in [-0.2, 0) is 0 Å². The third kappa shape index (κ3) is 5.59. The van der Waals surface area contributed by atoms with E-state index in [-0.39, 0.29) is 5.92 Å². The van der Waals surface area contributed by atoms with Crippen LogP contribution < -0.4 is 0 Å². The van der Waals surface area contributed by atoms with Gasteiger partial charge in [0, 0.05) is 41.2 Å². The Morgan fingerprint density at radius 3 is 1.56 bits per heavy atom. The van der Waals surface area contributed by atoms with Crippen molar-refractivity contribution in [3.8, 4) is 56.0 Å². The third-order valence-electron chi connectivity index (χ3n) is 9.79. The molecule has 3 heteroatoms. The van der Waals surface area contributed by atoms with E-state index in [1.165, 1.54) is 49.4 Å². The van der Waals surface area contributed by atoms with E-state index in [0.717, 1.165) is 34.4 Å². The second-order valence-electron chi connectivity index (χ2n) is 12.8. The second kappa shape index (κ2) is 12.9. The maximum Gasteiger partial charge on any atom is 0.159 e. The van der Waals surface area contributed by atoms with Crippen molar-refractivity contribution in [2.45, 2.75) is 12.3 Å². The lowest BCUT2D eigenvalue weighted by Gasteiger charge is -2.15. The van der Waals surface area contributed by atoms with Crippen LogP contribution in [0.25, 0.3) is 77.6 Å². The minimum absolute atomic E-state index is 0.288. The molecule has 0 amide bonds. The highest BCUT2D eigenvalue weighted by Gasteiger charge is 2.16. The van der Waals surface area contributed by atoms with Gasteiger partial charge in [0.1, 0.15) is 0 Å². The third-order valence-corrected chi connectivity index (χ3v) is 9.79. The van der Waals surface area contributed by atoms with Crippen LogP contribution in [0.4, 0.5) is 0 Å². The molecule has 1 aliphatic heterocycles. The predicted octanol–water partition coefficient (Wildman–Crippen LogP) is 12.2. The van der Waals surface area contributed by atoms with E-state index in [4.69, 9.17) is 9.97 Å². The zero-order chi connectivity index (χ0) is 33.3. The first kappa shape index (κ1) is 29.7. The molecule has 8 aromatic rings. The molecule has 1 atom stereocenters. The van der Waals surface area contributed by atoms with Crippen molar-refractivity contribution in [2.75, 3.05) is 0 Å². The zero-order valence-electron chi connectivity index (χ0n) is 27.4. The molecule has 7 aromatic carbocycles. The van der Waals surface area contributed by atoms with Gasteiger partial charge in [-0.05, 0) is 61.3 Å². The van der Waals surface area contributed by atoms with Crippen molar-refractivity contribution in [1.29, 1.82) is 0 Å². The summed E-state index contributed by atoms with van der Waals surface area (Å²) >= 11 is 0. The van der Waals surface area contributed by atoms with Gasteiger partial charge in [-0.2, -0.15) is 0 Å². The first-order valence-electron chi connectivity index (χ1n) is 17.1. The number of allylic oxidation sites excluding steroid dienone is 1. The van der Waals surface area contributed by atoms with E-state index in [1.807, 2.05) is 18.6 Å². The molecular weight excluding hydrogens is 607 g/mol. The number of hydrogen-bond acceptors (Lipinski definition) is 3. The van der Waals surface area contributed by atoms with Crippen LogP contribution in [0, 0.1) is 0 Å². The van der Waals surface area contributed by atoms with Gasteiger partial charge >= 0.3 is 0 Å². The first-order chi connectivity index (χ1) is 24.8. The smallest absolute Gasteiger partial charge is 0.159 e. The van der Waals surface area contributed by atoms with E-state index in [9.17, 15) is 0 Å². The average Bonchev–Trinajstić information content (AvgIpc) is 3.21. The number of nitrogens with zero attached hydrogens (tertiary/aromatic N) is 3. The fourth-order valence-corrected chi connectivity index (χ4v) is 7.13. The van der Waals surface area contributed by atoms with Gasteiger partial charge in [0.05, 0.1) is 5.69 Å². The maximum absolute atomic E-state index is 5.26. The van der Waals surface area contributed by atoms with Crippen LogP contribution >= 0.6 is 0 Å². The lowest BCUT2D eigenvalue weighted by Crippen LogP contribution is -2.01. The highest BCUT2D eigenvalue weighted by atomic mass is 14.9. The topological polar surface area (TPSA) is 38.1 Å². The number of benzene rings is 7. The Kier molecular flexibility index (Phi) is 7.64. The number of aliphatic imine (C=N–C) groups is 1. The predicted molar refractivity (Wildman–Crippen MR) is 209 cm³/mol. The molecular formula is C47H33N3. The molecule has 3 nitrogen and oxygen atoms in total. The molecule has 236 valence electrons. The molecule has 9 rings (SSSR count). The van der Waals surface area contributed by atoms with E-state index in [1.54, 1.807) is 0 Å². The highest BCUT2D eigenvalue weighted by Crippen LogP contribution is 2.36. The van der Waals surface area contributed by atoms with Crippen molar-refractivity contribution in [3.05, 3.63) is 182 Å². The molecule has 0 N–H and O–H groups in total. The molecule has 0 aliphatic carbocycles. The molecule has 1 unspecified atom stereocenters. The fourth-order valence-electron chi connectivity index (χ4n) is 7.13. The number of aromatic nitrogens is 2. The lowest BCUT2D eigenvalue weighted by atomic mass is 9.92. The van der Waals surface area contributed by atoms with Gasteiger partial charge < -0.3 is 0 Å². The standard InChI is InChI=1S/C47H33N3/c1-3-13-41-33(8-1)10-5-15-43(41)35-19-21-37(22-20-35)45-31-49-47(50-46(45)38-25-17-32(18-26-38)40-12-7-29-48-30-40)39-27-23-36(24-28-39)44-16-6-11-34-9-2-4-14-42(34)44/h1-11,13-31,40H,12H2. The van der Waals surface area contributed by atoms with Crippen molar-refractivity contribution in [1.82, 2.24) is 9.97 Å². The van der Waals surface area contributed by atoms with Crippen LogP contribution in [0.3, 0.4) is 0 Å². The minimum atomic E-state index is 0.288. The summed E-state index contributed by atoms with van der Waals surface area (Å²) in [7, 11) is 0. The van der Waals surface area contributed by atoms with Crippen molar-refractivity contribution in [2.24, 2.45) is 4.99 Å². The van der Waals surface area contributed by atoms with Crippen LogP contribution in [0.5, 0.6) is 0 Å². The zero-order valence-corrected chi connectivity index (χ0v) is 27.4. The Hall–Kier alpha value is -6.45. The van der Waals surface area contributed by atoms with Crippen molar-refractivity contribution >= 4 is 27.8 Å². The van der Waals surface area contributed by atoms with E-state index in [0.29, 0.717) is 5.82 Å². The van der Waals surface area contributed by atoms with Gasteiger partial charge in [-0.3, -0.25) is 4.99 Å². The largest absolute Gasteiger partial charge is 0.269 e. The second-order valence-corrected chi connectivity index (χ2v) is 12.8. The molecule has 1 aromatic heterocycles. The monoisotopic (exact) mass is 639 g/mol. The maximum atomic E-state index is 5.26. The molecule has 50 heavy (non-hydrogen) atoms. The van der Waals surface area contributed by atoms with Crippen LogP contribution in [0.2, 0.25) is 0 Å². The Morgan fingerprint density at radius 2 is 0.980 bits per heavy atom. The summed E-state index contributed by atoms with van der Waals surface area (Å²) < 4.78 is 0. The van der Waals surface area contributed by atoms with Gasteiger partial charge in [0.25, 0.3) is 0 Å². The van der Waals surface area contributed by atoms with Crippen LogP contribution in [-0.4, -0.2) is 16.2 Å². The summed E-state index contributed by atoms with van der Waals surface area (Å²) in [5, 5.41) is 4.97. The number of fused-ring (bicyclic) bond motifs is 2. The molecule has 0 bridgehead atoms. The lowest BCUT2D eigenvalue weighted by molar-refractivity contribution is 0.909. The fraction of sp³-hybridized carbons (Fsp3) is 0.0426.